The van der Waals surface area contributed by atoms with Crippen molar-refractivity contribution in [1.29, 1.82) is 0 Å². The van der Waals surface area contributed by atoms with Crippen molar-refractivity contribution >= 4 is 5.91 Å². The third-order valence-corrected chi connectivity index (χ3v) is 3.20. The lowest BCUT2D eigenvalue weighted by molar-refractivity contribution is -0.137. The van der Waals surface area contributed by atoms with E-state index in [0.29, 0.717) is 5.75 Å². The van der Waals surface area contributed by atoms with E-state index in [4.69, 9.17) is 4.74 Å². The number of hydrogen-bond donors (Lipinski definition) is 2. The fraction of sp³-hybridized carbons (Fsp3) is 0.235. The second kappa shape index (κ2) is 7.83. The van der Waals surface area contributed by atoms with E-state index < -0.39 is 23.8 Å². The second-order valence-electron chi connectivity index (χ2n) is 5.04. The summed E-state index contributed by atoms with van der Waals surface area (Å²) in [5.41, 5.74) is -0.771. The number of carbonyl (C=O) groups excluding carboxylic acids is 1. The molecule has 0 aliphatic rings. The molecular formula is C17H16F3NO3. The van der Waals surface area contributed by atoms with Gasteiger partial charge < -0.3 is 15.2 Å². The summed E-state index contributed by atoms with van der Waals surface area (Å²) in [4.78, 5) is 11.7. The van der Waals surface area contributed by atoms with E-state index in [1.54, 1.807) is 30.3 Å². The minimum atomic E-state index is -4.48. The highest BCUT2D eigenvalue weighted by molar-refractivity contribution is 5.77. The zero-order valence-electron chi connectivity index (χ0n) is 12.6. The summed E-state index contributed by atoms with van der Waals surface area (Å²) in [7, 11) is 0. The quantitative estimate of drug-likeness (QED) is 0.851. The van der Waals surface area contributed by atoms with Crippen LogP contribution in [-0.4, -0.2) is 24.2 Å². The van der Waals surface area contributed by atoms with E-state index in [-0.39, 0.29) is 18.7 Å². The molecule has 2 N–H and O–H groups in total. The smallest absolute Gasteiger partial charge is 0.416 e. The fourth-order valence-corrected chi connectivity index (χ4v) is 1.97. The van der Waals surface area contributed by atoms with Crippen LogP contribution in [0.3, 0.4) is 0 Å². The van der Waals surface area contributed by atoms with Gasteiger partial charge in [0.25, 0.3) is 5.91 Å². The van der Waals surface area contributed by atoms with Crippen molar-refractivity contribution in [2.45, 2.75) is 12.3 Å². The zero-order valence-corrected chi connectivity index (χ0v) is 12.6. The van der Waals surface area contributed by atoms with Crippen molar-refractivity contribution in [2.75, 3.05) is 13.2 Å². The van der Waals surface area contributed by atoms with Crippen LogP contribution in [-0.2, 0) is 11.0 Å². The molecule has 7 heteroatoms. The first-order valence-electron chi connectivity index (χ1n) is 7.16. The molecule has 0 saturated heterocycles. The lowest BCUT2D eigenvalue weighted by Gasteiger charge is -2.14. The number of rotatable bonds is 6. The highest BCUT2D eigenvalue weighted by atomic mass is 19.4. The number of alkyl halides is 3. The Labute approximate surface area is 136 Å². The summed E-state index contributed by atoms with van der Waals surface area (Å²) in [5, 5.41) is 12.3. The van der Waals surface area contributed by atoms with Gasteiger partial charge in [0.05, 0.1) is 11.7 Å². The number of benzene rings is 2. The highest BCUT2D eigenvalue weighted by Crippen LogP contribution is 2.30. The molecule has 2 aromatic carbocycles. The van der Waals surface area contributed by atoms with Gasteiger partial charge in [0.1, 0.15) is 5.75 Å². The predicted molar refractivity (Wildman–Crippen MR) is 81.4 cm³/mol. The molecule has 2 aromatic rings. The summed E-state index contributed by atoms with van der Waals surface area (Å²) in [6, 6.07) is 13.0. The van der Waals surface area contributed by atoms with Crippen molar-refractivity contribution in [3.63, 3.8) is 0 Å². The maximum Gasteiger partial charge on any atom is 0.416 e. The van der Waals surface area contributed by atoms with Crippen molar-refractivity contribution in [2.24, 2.45) is 0 Å². The van der Waals surface area contributed by atoms with Gasteiger partial charge in [0.15, 0.2) is 6.61 Å². The molecule has 128 valence electrons. The Morgan fingerprint density at radius 1 is 1.12 bits per heavy atom. The minimum Gasteiger partial charge on any atom is -0.484 e. The van der Waals surface area contributed by atoms with Gasteiger partial charge in [-0.2, -0.15) is 13.2 Å². The van der Waals surface area contributed by atoms with Gasteiger partial charge in [0.2, 0.25) is 0 Å². The lowest BCUT2D eigenvalue weighted by Crippen LogP contribution is -2.32. The third kappa shape index (κ3) is 5.27. The zero-order chi connectivity index (χ0) is 17.6. The van der Waals surface area contributed by atoms with Crippen LogP contribution in [0, 0.1) is 0 Å². The summed E-state index contributed by atoms with van der Waals surface area (Å²) in [6.07, 6.45) is -5.73. The van der Waals surface area contributed by atoms with Gasteiger partial charge in [0, 0.05) is 6.54 Å². The molecule has 2 rings (SSSR count). The van der Waals surface area contributed by atoms with Gasteiger partial charge >= 0.3 is 6.18 Å². The van der Waals surface area contributed by atoms with Gasteiger partial charge in [-0.25, -0.2) is 0 Å². The van der Waals surface area contributed by atoms with Crippen LogP contribution in [0.15, 0.2) is 54.6 Å². The molecule has 24 heavy (non-hydrogen) atoms. The maximum atomic E-state index is 12.6. The minimum absolute atomic E-state index is 0.0779. The standard InChI is InChI=1S/C17H16F3NO3/c18-17(19,20)13-6-4-5-12(9-13)15(22)10-21-16(23)11-24-14-7-2-1-3-8-14/h1-9,15,22H,10-11H2,(H,21,23)/t15-/m0/s1. The average molecular weight is 339 g/mol. The van der Waals surface area contributed by atoms with Crippen LogP contribution in [0.5, 0.6) is 5.75 Å². The Morgan fingerprint density at radius 3 is 2.50 bits per heavy atom. The molecule has 0 aliphatic heterocycles. The topological polar surface area (TPSA) is 58.6 Å². The second-order valence-corrected chi connectivity index (χ2v) is 5.04. The molecule has 0 heterocycles. The number of halogens is 3. The Hall–Kier alpha value is -2.54. The molecule has 1 amide bonds. The lowest BCUT2D eigenvalue weighted by atomic mass is 10.1. The Balaban J connectivity index is 1.84. The number of amides is 1. The Kier molecular flexibility index (Phi) is 5.81. The van der Waals surface area contributed by atoms with Crippen LogP contribution in [0.25, 0.3) is 0 Å². The molecule has 0 spiro atoms. The Bertz CT molecular complexity index is 674. The van der Waals surface area contributed by atoms with E-state index in [1.807, 2.05) is 0 Å². The van der Waals surface area contributed by atoms with Crippen LogP contribution in [0.1, 0.15) is 17.2 Å². The SMILES string of the molecule is O=C(COc1ccccc1)NC[C@H](O)c1cccc(C(F)(F)F)c1. The van der Waals surface area contributed by atoms with Crippen molar-refractivity contribution < 1.29 is 27.8 Å². The first-order chi connectivity index (χ1) is 11.4. The summed E-state index contributed by atoms with van der Waals surface area (Å²) < 4.78 is 43.1. The maximum absolute atomic E-state index is 12.6. The number of aliphatic hydroxyl groups is 1. The number of para-hydroxylation sites is 1. The molecule has 0 unspecified atom stereocenters. The molecule has 0 bridgehead atoms. The first kappa shape index (κ1) is 17.8. The third-order valence-electron chi connectivity index (χ3n) is 3.20. The van der Waals surface area contributed by atoms with Crippen molar-refractivity contribution in [1.82, 2.24) is 5.32 Å². The number of ether oxygens (including phenoxy) is 1. The number of hydrogen-bond acceptors (Lipinski definition) is 3. The predicted octanol–water partition coefficient (Wildman–Crippen LogP) is 2.93. The van der Waals surface area contributed by atoms with E-state index in [9.17, 15) is 23.1 Å². The molecule has 1 atom stereocenters. The van der Waals surface area contributed by atoms with Crippen LogP contribution < -0.4 is 10.1 Å². The van der Waals surface area contributed by atoms with E-state index in [1.165, 1.54) is 12.1 Å². The monoisotopic (exact) mass is 339 g/mol. The first-order valence-corrected chi connectivity index (χ1v) is 7.16. The number of aliphatic hydroxyl groups excluding tert-OH is 1. The molecule has 0 aliphatic carbocycles. The summed E-state index contributed by atoms with van der Waals surface area (Å²) >= 11 is 0. The number of carbonyl (C=O) groups is 1. The molecule has 0 saturated carbocycles. The van der Waals surface area contributed by atoms with Gasteiger partial charge in [-0.15, -0.1) is 0 Å². The largest absolute Gasteiger partial charge is 0.484 e. The van der Waals surface area contributed by atoms with Gasteiger partial charge in [-0.05, 0) is 29.8 Å². The molecular weight excluding hydrogens is 323 g/mol. The van der Waals surface area contributed by atoms with Crippen LogP contribution in [0.2, 0.25) is 0 Å². The highest BCUT2D eigenvalue weighted by Gasteiger charge is 2.30. The average Bonchev–Trinajstić information content (AvgIpc) is 2.58. The van der Waals surface area contributed by atoms with E-state index in [0.717, 1.165) is 12.1 Å². The van der Waals surface area contributed by atoms with Gasteiger partial charge in [-0.3, -0.25) is 4.79 Å². The number of nitrogens with one attached hydrogen (secondary N) is 1. The molecule has 0 aromatic heterocycles. The molecule has 0 fully saturated rings. The van der Waals surface area contributed by atoms with Crippen LogP contribution in [0.4, 0.5) is 13.2 Å². The summed E-state index contributed by atoms with van der Waals surface area (Å²) in [5.74, 6) is 0.0379. The Morgan fingerprint density at radius 2 is 1.83 bits per heavy atom. The van der Waals surface area contributed by atoms with E-state index in [2.05, 4.69) is 5.32 Å². The van der Waals surface area contributed by atoms with E-state index >= 15 is 0 Å². The summed E-state index contributed by atoms with van der Waals surface area (Å²) in [6.45, 7) is -0.461. The van der Waals surface area contributed by atoms with Crippen LogP contribution >= 0.6 is 0 Å². The fourth-order valence-electron chi connectivity index (χ4n) is 1.97. The molecule has 0 radical (unpaired) electrons. The van der Waals surface area contributed by atoms with Gasteiger partial charge in [-0.1, -0.05) is 30.3 Å². The van der Waals surface area contributed by atoms with Crippen molar-refractivity contribution in [3.05, 3.63) is 65.7 Å². The molecule has 4 nitrogen and oxygen atoms in total. The van der Waals surface area contributed by atoms with Crippen molar-refractivity contribution in [3.8, 4) is 5.75 Å². The normalized spacial score (nSPS) is 12.5.